The van der Waals surface area contributed by atoms with Gasteiger partial charge in [0.1, 0.15) is 17.7 Å². The predicted molar refractivity (Wildman–Crippen MR) is 145 cm³/mol. The standard InChI is InChI=1S/C29H45N3O7/c1-7-9-12-21(34)30-18-19(3)38-27(37)22-20-13-14-29(39-20)23(22)25(35)31(16-10-11-17-33)24(29)26(36)32(15-8-2)28(4,5)6/h7-8,19-20,22-24,33H,1-2,9-18H2,3-6H3,(H,30,34)/t19-,20-,22+,23+,24-,29+/m0/s1. The summed E-state index contributed by atoms with van der Waals surface area (Å²) in [5.41, 5.74) is -1.64. The molecule has 39 heavy (non-hydrogen) atoms. The fourth-order valence-electron chi connectivity index (χ4n) is 6.20. The number of hydrogen-bond donors (Lipinski definition) is 2. The SMILES string of the molecule is C=CCCC(=O)NC[C@H](C)OC(=O)[C@@H]1[C@@H]2CC[C@]3(O2)[C@H](C(=O)N(CC=C)C(C)(C)C)N(CCCCO)C(=O)[C@@H]13. The number of hydrogen-bond acceptors (Lipinski definition) is 7. The van der Waals surface area contributed by atoms with E-state index >= 15 is 0 Å². The summed E-state index contributed by atoms with van der Waals surface area (Å²) in [5, 5.41) is 12.1. The number of carbonyl (C=O) groups excluding carboxylic acids is 4. The summed E-state index contributed by atoms with van der Waals surface area (Å²) in [6.45, 7) is 15.6. The number of likely N-dealkylation sites (tertiary alicyclic amines) is 1. The van der Waals surface area contributed by atoms with Gasteiger partial charge < -0.3 is 29.7 Å². The number of carbonyl (C=O) groups is 4. The van der Waals surface area contributed by atoms with E-state index < -0.39 is 47.2 Å². The molecule has 0 aromatic rings. The summed E-state index contributed by atoms with van der Waals surface area (Å²) in [6, 6.07) is -0.878. The number of ether oxygens (including phenoxy) is 2. The highest BCUT2D eigenvalue weighted by Gasteiger charge is 2.75. The predicted octanol–water partition coefficient (Wildman–Crippen LogP) is 1.96. The molecule has 3 fully saturated rings. The van der Waals surface area contributed by atoms with Crippen LogP contribution in [-0.4, -0.2) is 94.2 Å². The smallest absolute Gasteiger partial charge is 0.312 e. The van der Waals surface area contributed by atoms with Gasteiger partial charge in [0.2, 0.25) is 17.7 Å². The van der Waals surface area contributed by atoms with E-state index in [0.29, 0.717) is 45.1 Å². The van der Waals surface area contributed by atoms with E-state index in [1.165, 1.54) is 0 Å². The highest BCUT2D eigenvalue weighted by atomic mass is 16.6. The van der Waals surface area contributed by atoms with E-state index in [4.69, 9.17) is 9.47 Å². The van der Waals surface area contributed by atoms with Crippen LogP contribution in [0.25, 0.3) is 0 Å². The molecule has 3 amide bonds. The number of fused-ring (bicyclic) bond motifs is 1. The number of aliphatic hydroxyl groups excluding tert-OH is 1. The van der Waals surface area contributed by atoms with Crippen molar-refractivity contribution in [3.8, 4) is 0 Å². The molecule has 0 aliphatic carbocycles. The Labute approximate surface area is 231 Å². The summed E-state index contributed by atoms with van der Waals surface area (Å²) in [4.78, 5) is 56.8. The number of amides is 3. The van der Waals surface area contributed by atoms with Gasteiger partial charge in [0.15, 0.2) is 0 Å². The largest absolute Gasteiger partial charge is 0.460 e. The molecule has 0 radical (unpaired) electrons. The van der Waals surface area contributed by atoms with E-state index in [0.717, 1.165) is 0 Å². The minimum absolute atomic E-state index is 0.0185. The zero-order valence-electron chi connectivity index (χ0n) is 23.8. The van der Waals surface area contributed by atoms with E-state index in [9.17, 15) is 24.3 Å². The van der Waals surface area contributed by atoms with Crippen LogP contribution in [0.3, 0.4) is 0 Å². The first kappa shape index (κ1) is 30.8. The van der Waals surface area contributed by atoms with Gasteiger partial charge in [-0.1, -0.05) is 12.2 Å². The minimum atomic E-state index is -1.12. The van der Waals surface area contributed by atoms with E-state index in [-0.39, 0.29) is 37.4 Å². The van der Waals surface area contributed by atoms with Crippen molar-refractivity contribution >= 4 is 23.7 Å². The van der Waals surface area contributed by atoms with Crippen LogP contribution in [0.5, 0.6) is 0 Å². The maximum atomic E-state index is 14.2. The molecule has 3 aliphatic rings. The van der Waals surface area contributed by atoms with Gasteiger partial charge in [0.05, 0.1) is 24.5 Å². The fourth-order valence-corrected chi connectivity index (χ4v) is 6.20. The van der Waals surface area contributed by atoms with Crippen molar-refractivity contribution in [1.29, 1.82) is 0 Å². The molecular formula is C29H45N3O7. The molecular weight excluding hydrogens is 502 g/mol. The molecule has 3 saturated heterocycles. The summed E-state index contributed by atoms with van der Waals surface area (Å²) >= 11 is 0. The second-order valence-electron chi connectivity index (χ2n) is 11.8. The molecule has 10 nitrogen and oxygen atoms in total. The van der Waals surface area contributed by atoms with Gasteiger partial charge in [-0.25, -0.2) is 0 Å². The van der Waals surface area contributed by atoms with Crippen LogP contribution in [0.1, 0.15) is 66.2 Å². The quantitative estimate of drug-likeness (QED) is 0.193. The van der Waals surface area contributed by atoms with Crippen LogP contribution in [0, 0.1) is 11.8 Å². The number of esters is 1. The Hall–Kier alpha value is -2.72. The summed E-state index contributed by atoms with van der Waals surface area (Å²) < 4.78 is 12.2. The molecule has 3 rings (SSSR count). The number of nitrogens with one attached hydrogen (secondary N) is 1. The maximum absolute atomic E-state index is 14.2. The summed E-state index contributed by atoms with van der Waals surface area (Å²) in [6.07, 6.45) is 5.12. The minimum Gasteiger partial charge on any atom is -0.460 e. The zero-order chi connectivity index (χ0) is 29.0. The monoisotopic (exact) mass is 547 g/mol. The molecule has 0 aromatic heterocycles. The van der Waals surface area contributed by atoms with Crippen LogP contribution in [0.4, 0.5) is 0 Å². The number of unbranched alkanes of at least 4 members (excludes halogenated alkanes) is 1. The average Bonchev–Trinajstić information content (AvgIpc) is 3.51. The lowest BCUT2D eigenvalue weighted by Gasteiger charge is -2.42. The topological polar surface area (TPSA) is 125 Å². The number of nitrogens with zero attached hydrogens (tertiary/aromatic N) is 2. The molecule has 6 atom stereocenters. The van der Waals surface area contributed by atoms with Crippen LogP contribution in [0.15, 0.2) is 25.3 Å². The Morgan fingerprint density at radius 2 is 2.00 bits per heavy atom. The van der Waals surface area contributed by atoms with Crippen molar-refractivity contribution in [3.05, 3.63) is 25.3 Å². The first-order valence-electron chi connectivity index (χ1n) is 14.0. The second kappa shape index (κ2) is 12.6. The third-order valence-corrected chi connectivity index (χ3v) is 7.98. The van der Waals surface area contributed by atoms with Crippen molar-refractivity contribution in [2.75, 3.05) is 26.2 Å². The lowest BCUT2D eigenvalue weighted by atomic mass is 9.70. The third kappa shape index (κ3) is 6.22. The lowest BCUT2D eigenvalue weighted by Crippen LogP contribution is -2.60. The van der Waals surface area contributed by atoms with E-state index in [2.05, 4.69) is 18.5 Å². The molecule has 0 aromatic carbocycles. The van der Waals surface area contributed by atoms with Crippen molar-refractivity contribution in [1.82, 2.24) is 15.1 Å². The third-order valence-electron chi connectivity index (χ3n) is 7.98. The highest BCUT2D eigenvalue weighted by Crippen LogP contribution is 2.59. The average molecular weight is 548 g/mol. The van der Waals surface area contributed by atoms with Crippen LogP contribution in [-0.2, 0) is 28.7 Å². The first-order chi connectivity index (χ1) is 18.4. The van der Waals surface area contributed by atoms with Crippen LogP contribution >= 0.6 is 0 Å². The van der Waals surface area contributed by atoms with Gasteiger partial charge in [-0.3, -0.25) is 19.2 Å². The highest BCUT2D eigenvalue weighted by molar-refractivity contribution is 5.98. The zero-order valence-corrected chi connectivity index (χ0v) is 23.8. The van der Waals surface area contributed by atoms with Crippen molar-refractivity contribution < 1.29 is 33.8 Å². The van der Waals surface area contributed by atoms with E-state index in [1.54, 1.807) is 28.9 Å². The van der Waals surface area contributed by atoms with Crippen molar-refractivity contribution in [2.45, 2.75) is 95.6 Å². The Kier molecular flexibility index (Phi) is 9.98. The van der Waals surface area contributed by atoms with Gasteiger partial charge in [0.25, 0.3) is 0 Å². The fraction of sp³-hybridized carbons (Fsp3) is 0.724. The van der Waals surface area contributed by atoms with Crippen LogP contribution < -0.4 is 5.32 Å². The molecule has 0 unspecified atom stereocenters. The molecule has 2 bridgehead atoms. The van der Waals surface area contributed by atoms with Gasteiger partial charge in [-0.2, -0.15) is 0 Å². The molecule has 3 aliphatic heterocycles. The van der Waals surface area contributed by atoms with Crippen LogP contribution in [0.2, 0.25) is 0 Å². The summed E-state index contributed by atoms with van der Waals surface area (Å²) in [7, 11) is 0. The van der Waals surface area contributed by atoms with E-state index in [1.807, 2.05) is 20.8 Å². The van der Waals surface area contributed by atoms with Gasteiger partial charge >= 0.3 is 5.97 Å². The lowest BCUT2D eigenvalue weighted by molar-refractivity contribution is -0.159. The maximum Gasteiger partial charge on any atom is 0.312 e. The van der Waals surface area contributed by atoms with Gasteiger partial charge in [0, 0.05) is 31.7 Å². The molecule has 10 heteroatoms. The Morgan fingerprint density at radius 1 is 1.28 bits per heavy atom. The Balaban J connectivity index is 1.85. The molecule has 0 saturated carbocycles. The molecule has 3 heterocycles. The second-order valence-corrected chi connectivity index (χ2v) is 11.8. The molecule has 1 spiro atoms. The Morgan fingerprint density at radius 3 is 2.62 bits per heavy atom. The van der Waals surface area contributed by atoms with Gasteiger partial charge in [-0.15, -0.1) is 13.2 Å². The number of rotatable bonds is 14. The van der Waals surface area contributed by atoms with Crippen molar-refractivity contribution in [2.24, 2.45) is 11.8 Å². The number of aliphatic hydroxyl groups is 1. The van der Waals surface area contributed by atoms with Crippen molar-refractivity contribution in [3.63, 3.8) is 0 Å². The summed E-state index contributed by atoms with van der Waals surface area (Å²) in [5.74, 6) is -2.87. The normalized spacial score (nSPS) is 28.1. The molecule has 218 valence electrons. The first-order valence-corrected chi connectivity index (χ1v) is 14.0. The molecule has 2 N–H and O–H groups in total. The Bertz CT molecular complexity index is 961. The van der Waals surface area contributed by atoms with Gasteiger partial charge in [-0.05, 0) is 59.8 Å². The number of allylic oxidation sites excluding steroid dienone is 1.